The van der Waals surface area contributed by atoms with Crippen molar-refractivity contribution < 1.29 is 14.1 Å². The average molecular weight is 253 g/mol. The second kappa shape index (κ2) is 6.45. The topological polar surface area (TPSA) is 98.3 Å². The molecule has 0 spiro atoms. The Kier molecular flexibility index (Phi) is 4.94. The lowest BCUT2D eigenvalue weighted by Gasteiger charge is -2.03. The third kappa shape index (κ3) is 3.63. The number of nitrogens with zero attached hydrogens (tertiary/aromatic N) is 1. The van der Waals surface area contributed by atoms with E-state index in [-0.39, 0.29) is 12.1 Å². The minimum Gasteiger partial charge on any atom is -0.348 e. The fourth-order valence-corrected chi connectivity index (χ4v) is 1.28. The van der Waals surface area contributed by atoms with Gasteiger partial charge in [0.25, 0.3) is 11.6 Å². The van der Waals surface area contributed by atoms with Crippen LogP contribution in [0.2, 0.25) is 0 Å². The van der Waals surface area contributed by atoms with Crippen LogP contribution in [0.4, 0.5) is 10.1 Å². The minimum absolute atomic E-state index is 0.170. The second-order valence-corrected chi connectivity index (χ2v) is 3.34. The van der Waals surface area contributed by atoms with E-state index in [0.717, 1.165) is 18.2 Å². The van der Waals surface area contributed by atoms with E-state index in [1.807, 2.05) is 0 Å². The van der Waals surface area contributed by atoms with Gasteiger partial charge in [-0.3, -0.25) is 14.9 Å². The van der Waals surface area contributed by atoms with Gasteiger partial charge in [0.15, 0.2) is 0 Å². The second-order valence-electron chi connectivity index (χ2n) is 3.34. The van der Waals surface area contributed by atoms with E-state index < -0.39 is 22.3 Å². The number of carbonyl (C=O) groups is 1. The Labute approximate surface area is 102 Å². The van der Waals surface area contributed by atoms with E-state index in [1.165, 1.54) is 0 Å². The molecule has 0 aromatic heterocycles. The Morgan fingerprint density at radius 2 is 2.22 bits per heavy atom. The molecule has 1 aromatic rings. The molecule has 0 saturated carbocycles. The van der Waals surface area contributed by atoms with Crippen LogP contribution in [0.15, 0.2) is 30.4 Å². The summed E-state index contributed by atoms with van der Waals surface area (Å²) in [7, 11) is 0. The summed E-state index contributed by atoms with van der Waals surface area (Å²) in [6.45, 7) is 0.500. The van der Waals surface area contributed by atoms with E-state index >= 15 is 0 Å². The number of carbonyl (C=O) groups excluding carboxylic acids is 1. The van der Waals surface area contributed by atoms with Crippen molar-refractivity contribution in [3.8, 4) is 0 Å². The van der Waals surface area contributed by atoms with Gasteiger partial charge in [-0.25, -0.2) is 4.39 Å². The van der Waals surface area contributed by atoms with Gasteiger partial charge >= 0.3 is 0 Å². The Morgan fingerprint density at radius 3 is 2.83 bits per heavy atom. The summed E-state index contributed by atoms with van der Waals surface area (Å²) >= 11 is 0. The SMILES string of the molecule is NC/C=C/CNC(=O)c1cc(F)ccc1[N+](=O)[O-]. The third-order valence-electron chi connectivity index (χ3n) is 2.08. The number of nitro benzene ring substituents is 1. The van der Waals surface area contributed by atoms with Gasteiger partial charge in [-0.05, 0) is 12.1 Å². The van der Waals surface area contributed by atoms with Gasteiger partial charge in [-0.15, -0.1) is 0 Å². The minimum atomic E-state index is -0.732. The molecule has 96 valence electrons. The highest BCUT2D eigenvalue weighted by atomic mass is 19.1. The number of amides is 1. The van der Waals surface area contributed by atoms with Crippen LogP contribution in [0, 0.1) is 15.9 Å². The quantitative estimate of drug-likeness (QED) is 0.464. The van der Waals surface area contributed by atoms with Crippen molar-refractivity contribution in [3.05, 3.63) is 51.8 Å². The van der Waals surface area contributed by atoms with Crippen LogP contribution in [0.25, 0.3) is 0 Å². The smallest absolute Gasteiger partial charge is 0.282 e. The van der Waals surface area contributed by atoms with Crippen molar-refractivity contribution in [2.75, 3.05) is 13.1 Å². The van der Waals surface area contributed by atoms with Gasteiger partial charge in [0.05, 0.1) is 4.92 Å². The maximum absolute atomic E-state index is 13.0. The number of hydrogen-bond donors (Lipinski definition) is 2. The molecule has 3 N–H and O–H groups in total. The summed E-state index contributed by atoms with van der Waals surface area (Å²) < 4.78 is 13.0. The molecular weight excluding hydrogens is 241 g/mol. The Hall–Kier alpha value is -2.28. The van der Waals surface area contributed by atoms with Crippen molar-refractivity contribution in [2.45, 2.75) is 0 Å². The molecule has 7 heteroatoms. The van der Waals surface area contributed by atoms with Crippen molar-refractivity contribution in [1.82, 2.24) is 5.32 Å². The molecule has 18 heavy (non-hydrogen) atoms. The number of nitrogens with one attached hydrogen (secondary N) is 1. The van der Waals surface area contributed by atoms with Gasteiger partial charge < -0.3 is 11.1 Å². The van der Waals surface area contributed by atoms with Gasteiger partial charge in [0.1, 0.15) is 11.4 Å². The Morgan fingerprint density at radius 1 is 1.50 bits per heavy atom. The van der Waals surface area contributed by atoms with Crippen LogP contribution in [0.5, 0.6) is 0 Å². The predicted molar refractivity (Wildman–Crippen MR) is 63.6 cm³/mol. The molecule has 0 radical (unpaired) electrons. The number of hydrogen-bond acceptors (Lipinski definition) is 4. The van der Waals surface area contributed by atoms with E-state index in [4.69, 9.17) is 5.73 Å². The fourth-order valence-electron chi connectivity index (χ4n) is 1.28. The van der Waals surface area contributed by atoms with Crippen LogP contribution in [0.3, 0.4) is 0 Å². The zero-order chi connectivity index (χ0) is 13.5. The monoisotopic (exact) mass is 253 g/mol. The maximum atomic E-state index is 13.0. The van der Waals surface area contributed by atoms with Gasteiger partial charge in [-0.2, -0.15) is 0 Å². The summed E-state index contributed by atoms with van der Waals surface area (Å²) in [4.78, 5) is 21.6. The van der Waals surface area contributed by atoms with E-state index in [2.05, 4.69) is 5.32 Å². The largest absolute Gasteiger partial charge is 0.348 e. The lowest BCUT2D eigenvalue weighted by atomic mass is 10.1. The molecule has 1 amide bonds. The molecule has 0 bridgehead atoms. The first-order valence-corrected chi connectivity index (χ1v) is 5.13. The highest BCUT2D eigenvalue weighted by molar-refractivity contribution is 5.98. The predicted octanol–water partition coefficient (Wildman–Crippen LogP) is 0.979. The van der Waals surface area contributed by atoms with Crippen molar-refractivity contribution >= 4 is 11.6 Å². The molecule has 1 aromatic carbocycles. The van der Waals surface area contributed by atoms with E-state index in [0.29, 0.717) is 6.54 Å². The molecule has 0 aliphatic rings. The number of rotatable bonds is 5. The molecule has 0 atom stereocenters. The number of benzene rings is 1. The highest BCUT2D eigenvalue weighted by Gasteiger charge is 2.20. The molecule has 0 fully saturated rings. The van der Waals surface area contributed by atoms with Crippen LogP contribution >= 0.6 is 0 Å². The maximum Gasteiger partial charge on any atom is 0.282 e. The molecule has 0 aliphatic carbocycles. The molecule has 6 nitrogen and oxygen atoms in total. The van der Waals surface area contributed by atoms with Crippen molar-refractivity contribution in [3.63, 3.8) is 0 Å². The number of halogens is 1. The summed E-state index contributed by atoms with van der Waals surface area (Å²) in [5, 5.41) is 13.1. The Balaban J connectivity index is 2.87. The van der Waals surface area contributed by atoms with Crippen LogP contribution in [-0.2, 0) is 0 Å². The van der Waals surface area contributed by atoms with E-state index in [1.54, 1.807) is 12.2 Å². The average Bonchev–Trinajstić information content (AvgIpc) is 2.34. The summed E-state index contributed by atoms with van der Waals surface area (Å²) in [6.07, 6.45) is 3.23. The van der Waals surface area contributed by atoms with Crippen LogP contribution < -0.4 is 11.1 Å². The lowest BCUT2D eigenvalue weighted by molar-refractivity contribution is -0.385. The van der Waals surface area contributed by atoms with Crippen LogP contribution in [0.1, 0.15) is 10.4 Å². The highest BCUT2D eigenvalue weighted by Crippen LogP contribution is 2.19. The summed E-state index contributed by atoms with van der Waals surface area (Å²) in [5.74, 6) is -1.41. The van der Waals surface area contributed by atoms with Crippen molar-refractivity contribution in [1.29, 1.82) is 0 Å². The van der Waals surface area contributed by atoms with Crippen LogP contribution in [-0.4, -0.2) is 23.9 Å². The number of nitrogens with two attached hydrogens (primary N) is 1. The van der Waals surface area contributed by atoms with Gasteiger partial charge in [0, 0.05) is 19.2 Å². The molecule has 0 heterocycles. The molecular formula is C11H12FN3O3. The Bertz CT molecular complexity index is 488. The van der Waals surface area contributed by atoms with E-state index in [9.17, 15) is 19.3 Å². The lowest BCUT2D eigenvalue weighted by Crippen LogP contribution is -2.24. The normalized spacial score (nSPS) is 10.6. The zero-order valence-corrected chi connectivity index (χ0v) is 9.43. The number of nitro groups is 1. The zero-order valence-electron chi connectivity index (χ0n) is 9.43. The molecule has 0 aliphatic heterocycles. The fraction of sp³-hybridized carbons (Fsp3) is 0.182. The molecule has 1 rings (SSSR count). The first-order chi connectivity index (χ1) is 8.56. The summed E-state index contributed by atoms with van der Waals surface area (Å²) in [5.41, 5.74) is 4.46. The van der Waals surface area contributed by atoms with Gasteiger partial charge in [0.2, 0.25) is 0 Å². The first-order valence-electron chi connectivity index (χ1n) is 5.13. The van der Waals surface area contributed by atoms with Crippen molar-refractivity contribution in [2.24, 2.45) is 5.73 Å². The first kappa shape index (κ1) is 13.8. The third-order valence-corrected chi connectivity index (χ3v) is 2.08. The van der Waals surface area contributed by atoms with Gasteiger partial charge in [-0.1, -0.05) is 12.2 Å². The standard InChI is InChI=1S/C11H12FN3O3/c12-8-3-4-10(15(17)18)9(7-8)11(16)14-6-2-1-5-13/h1-4,7H,5-6,13H2,(H,14,16)/b2-1+. The molecule has 0 saturated heterocycles. The summed E-state index contributed by atoms with van der Waals surface area (Å²) in [6, 6.07) is 2.73. The molecule has 0 unspecified atom stereocenters.